The van der Waals surface area contributed by atoms with E-state index in [0.717, 1.165) is 17.7 Å². The van der Waals surface area contributed by atoms with Gasteiger partial charge in [-0.05, 0) is 42.7 Å². The summed E-state index contributed by atoms with van der Waals surface area (Å²) >= 11 is 0. The number of rotatable bonds is 5. The van der Waals surface area contributed by atoms with Gasteiger partial charge in [-0.2, -0.15) is 0 Å². The third kappa shape index (κ3) is 3.69. The monoisotopic (exact) mass is 346 g/mol. The second-order valence-electron chi connectivity index (χ2n) is 6.05. The molecule has 1 saturated heterocycles. The van der Waals surface area contributed by atoms with Gasteiger partial charge in [-0.25, -0.2) is 8.78 Å². The van der Waals surface area contributed by atoms with Crippen LogP contribution in [0.3, 0.4) is 0 Å². The van der Waals surface area contributed by atoms with Gasteiger partial charge in [0.05, 0.1) is 18.6 Å². The molecule has 0 bridgehead atoms. The first-order valence-corrected chi connectivity index (χ1v) is 8.35. The summed E-state index contributed by atoms with van der Waals surface area (Å²) in [4.78, 5) is 18.8. The normalized spacial score (nSPS) is 18.1. The Kier molecular flexibility index (Phi) is 5.38. The van der Waals surface area contributed by atoms with Crippen LogP contribution in [0.5, 0.6) is 0 Å². The minimum atomic E-state index is -0.931. The van der Waals surface area contributed by atoms with Gasteiger partial charge in [0, 0.05) is 25.5 Å². The fourth-order valence-corrected chi connectivity index (χ4v) is 3.20. The van der Waals surface area contributed by atoms with Crippen LogP contribution in [0, 0.1) is 17.6 Å². The summed E-state index contributed by atoms with van der Waals surface area (Å²) in [6.45, 7) is 3.27. The maximum atomic E-state index is 13.8. The molecule has 4 nitrogen and oxygen atoms in total. The van der Waals surface area contributed by atoms with E-state index in [1.165, 1.54) is 6.07 Å². The molecule has 2 unspecified atom stereocenters. The highest BCUT2D eigenvalue weighted by Gasteiger charge is 2.33. The van der Waals surface area contributed by atoms with Crippen molar-refractivity contribution in [1.82, 2.24) is 9.88 Å². The van der Waals surface area contributed by atoms with Gasteiger partial charge in [0.25, 0.3) is 0 Å². The summed E-state index contributed by atoms with van der Waals surface area (Å²) < 4.78 is 32.5. The minimum absolute atomic E-state index is 0.0430. The lowest BCUT2D eigenvalue weighted by molar-refractivity contribution is -0.137. The van der Waals surface area contributed by atoms with Crippen LogP contribution in [0.25, 0.3) is 0 Å². The van der Waals surface area contributed by atoms with E-state index in [4.69, 9.17) is 4.74 Å². The van der Waals surface area contributed by atoms with Gasteiger partial charge >= 0.3 is 0 Å². The zero-order chi connectivity index (χ0) is 17.8. The lowest BCUT2D eigenvalue weighted by Crippen LogP contribution is -2.39. The summed E-state index contributed by atoms with van der Waals surface area (Å²) in [5, 5.41) is 0. The van der Waals surface area contributed by atoms with Gasteiger partial charge in [0.15, 0.2) is 11.6 Å². The number of amides is 1. The van der Waals surface area contributed by atoms with Crippen molar-refractivity contribution in [2.45, 2.75) is 19.4 Å². The average Bonchev–Trinajstić information content (AvgIpc) is 3.17. The Morgan fingerprint density at radius 1 is 1.32 bits per heavy atom. The highest BCUT2D eigenvalue weighted by Crippen LogP contribution is 2.31. The van der Waals surface area contributed by atoms with Crippen LogP contribution in [0.4, 0.5) is 8.78 Å². The molecule has 1 aromatic carbocycles. The Bertz CT molecular complexity index is 733. The number of pyridine rings is 1. The molecule has 0 saturated carbocycles. The topological polar surface area (TPSA) is 42.4 Å². The van der Waals surface area contributed by atoms with Crippen molar-refractivity contribution in [3.05, 3.63) is 65.5 Å². The number of hydrogen-bond acceptors (Lipinski definition) is 3. The van der Waals surface area contributed by atoms with Gasteiger partial charge < -0.3 is 9.64 Å². The molecule has 2 atom stereocenters. The fourth-order valence-electron chi connectivity index (χ4n) is 3.20. The lowest BCUT2D eigenvalue weighted by Gasteiger charge is -2.33. The van der Waals surface area contributed by atoms with Crippen molar-refractivity contribution in [1.29, 1.82) is 0 Å². The summed E-state index contributed by atoms with van der Waals surface area (Å²) in [5.74, 6) is -2.09. The van der Waals surface area contributed by atoms with Gasteiger partial charge in [-0.15, -0.1) is 0 Å². The van der Waals surface area contributed by atoms with Crippen LogP contribution in [0.15, 0.2) is 42.7 Å². The number of benzene rings is 1. The highest BCUT2D eigenvalue weighted by molar-refractivity contribution is 5.80. The molecule has 6 heteroatoms. The fraction of sp³-hybridized carbons (Fsp3) is 0.368. The van der Waals surface area contributed by atoms with Crippen molar-refractivity contribution < 1.29 is 18.3 Å². The SMILES string of the molecule is CCN(C(=O)C1CCOC1)C(c1cccnc1)c1ccc(F)c(F)c1. The molecule has 1 aliphatic heterocycles. The Labute approximate surface area is 145 Å². The molecule has 0 aliphatic carbocycles. The predicted molar refractivity (Wildman–Crippen MR) is 88.8 cm³/mol. The maximum absolute atomic E-state index is 13.8. The smallest absolute Gasteiger partial charge is 0.228 e. The Balaban J connectivity index is 2.02. The summed E-state index contributed by atoms with van der Waals surface area (Å²) in [6.07, 6.45) is 3.95. The quantitative estimate of drug-likeness (QED) is 0.834. The molecule has 132 valence electrons. The van der Waals surface area contributed by atoms with E-state index in [1.54, 1.807) is 23.4 Å². The molecule has 1 fully saturated rings. The molecular formula is C19H20F2N2O2. The molecule has 1 aliphatic rings. The van der Waals surface area contributed by atoms with Crippen molar-refractivity contribution in [2.24, 2.45) is 5.92 Å². The van der Waals surface area contributed by atoms with E-state index in [-0.39, 0.29) is 11.8 Å². The van der Waals surface area contributed by atoms with Gasteiger partial charge in [0.1, 0.15) is 0 Å². The third-order valence-electron chi connectivity index (χ3n) is 4.47. The van der Waals surface area contributed by atoms with E-state index < -0.39 is 17.7 Å². The first-order valence-electron chi connectivity index (χ1n) is 8.35. The summed E-state index contributed by atoms with van der Waals surface area (Å²) in [5.41, 5.74) is 1.27. The van der Waals surface area contributed by atoms with Crippen LogP contribution >= 0.6 is 0 Å². The lowest BCUT2D eigenvalue weighted by atomic mass is 9.96. The number of halogens is 2. The minimum Gasteiger partial charge on any atom is -0.381 e. The first-order chi connectivity index (χ1) is 12.1. The maximum Gasteiger partial charge on any atom is 0.228 e. The molecule has 25 heavy (non-hydrogen) atoms. The average molecular weight is 346 g/mol. The second-order valence-corrected chi connectivity index (χ2v) is 6.05. The summed E-state index contributed by atoms with van der Waals surface area (Å²) in [7, 11) is 0. The number of carbonyl (C=O) groups excluding carboxylic acids is 1. The summed E-state index contributed by atoms with van der Waals surface area (Å²) in [6, 6.07) is 6.82. The van der Waals surface area contributed by atoms with Crippen LogP contribution in [-0.2, 0) is 9.53 Å². The molecule has 2 heterocycles. The van der Waals surface area contributed by atoms with Crippen LogP contribution < -0.4 is 0 Å². The van der Waals surface area contributed by atoms with E-state index in [1.807, 2.05) is 13.0 Å². The second kappa shape index (κ2) is 7.70. The Morgan fingerprint density at radius 2 is 2.16 bits per heavy atom. The highest BCUT2D eigenvalue weighted by atomic mass is 19.2. The van der Waals surface area contributed by atoms with E-state index >= 15 is 0 Å². The largest absolute Gasteiger partial charge is 0.381 e. The molecular weight excluding hydrogens is 326 g/mol. The zero-order valence-electron chi connectivity index (χ0n) is 14.0. The van der Waals surface area contributed by atoms with Crippen molar-refractivity contribution in [3.8, 4) is 0 Å². The molecule has 1 amide bonds. The standard InChI is InChI=1S/C19H20F2N2O2/c1-2-23(19(24)15-7-9-25-12-15)18(14-4-3-8-22-11-14)13-5-6-16(20)17(21)10-13/h3-6,8,10-11,15,18H,2,7,9,12H2,1H3. The molecule has 0 spiro atoms. The number of hydrogen-bond donors (Lipinski definition) is 0. The third-order valence-corrected chi connectivity index (χ3v) is 4.47. The molecule has 2 aromatic rings. The van der Waals surface area contributed by atoms with Gasteiger partial charge in [-0.3, -0.25) is 9.78 Å². The number of nitrogens with zero attached hydrogens (tertiary/aromatic N) is 2. The number of carbonyl (C=O) groups is 1. The van der Waals surface area contributed by atoms with Crippen LogP contribution in [-0.4, -0.2) is 35.5 Å². The predicted octanol–water partition coefficient (Wildman–Crippen LogP) is 3.33. The Hall–Kier alpha value is -2.34. The molecule has 1 aromatic heterocycles. The van der Waals surface area contributed by atoms with Crippen LogP contribution in [0.2, 0.25) is 0 Å². The van der Waals surface area contributed by atoms with Crippen LogP contribution in [0.1, 0.15) is 30.5 Å². The van der Waals surface area contributed by atoms with Crippen molar-refractivity contribution in [3.63, 3.8) is 0 Å². The van der Waals surface area contributed by atoms with E-state index in [9.17, 15) is 13.6 Å². The first kappa shape index (κ1) is 17.5. The van der Waals surface area contributed by atoms with E-state index in [0.29, 0.717) is 31.7 Å². The zero-order valence-corrected chi connectivity index (χ0v) is 14.0. The van der Waals surface area contributed by atoms with Crippen molar-refractivity contribution >= 4 is 5.91 Å². The molecule has 0 radical (unpaired) electrons. The number of aromatic nitrogens is 1. The Morgan fingerprint density at radius 3 is 2.76 bits per heavy atom. The molecule has 0 N–H and O–H groups in total. The number of ether oxygens (including phenoxy) is 1. The van der Waals surface area contributed by atoms with Gasteiger partial charge in [-0.1, -0.05) is 12.1 Å². The molecule has 3 rings (SSSR count). The van der Waals surface area contributed by atoms with Crippen molar-refractivity contribution in [2.75, 3.05) is 19.8 Å². The van der Waals surface area contributed by atoms with Gasteiger partial charge in [0.2, 0.25) is 5.91 Å². The van der Waals surface area contributed by atoms with E-state index in [2.05, 4.69) is 4.98 Å².